The maximum Gasteiger partial charge on any atom is 2.00 e. The molecule has 6 heteroatoms. The smallest absolute Gasteiger partial charge is 0.406 e. The molecule has 0 aliphatic heterocycles. The summed E-state index contributed by atoms with van der Waals surface area (Å²) in [5, 5.41) is 4.48. The van der Waals surface area contributed by atoms with Gasteiger partial charge in [-0.05, 0) is 0 Å². The maximum absolute atomic E-state index is 3.56. The topological polar surface area (TPSA) is 9.86 Å². The van der Waals surface area contributed by atoms with Crippen molar-refractivity contribution in [1.82, 2.24) is 9.13 Å². The second kappa shape index (κ2) is 13.5. The van der Waals surface area contributed by atoms with Crippen molar-refractivity contribution in [3.63, 3.8) is 0 Å². The summed E-state index contributed by atoms with van der Waals surface area (Å²) in [6.45, 7) is 0. The molecule has 0 radical (unpaired) electrons. The number of hydrogen-bond donors (Lipinski definition) is 0. The molecular weight excluding hydrogens is 1200 g/mol. The Balaban J connectivity index is 0.00000101. The monoisotopic (exact) mass is 1210 g/mol. The van der Waals surface area contributed by atoms with Crippen LogP contribution < -0.4 is 0 Å². The van der Waals surface area contributed by atoms with Crippen LogP contribution in [0.3, 0.4) is 0 Å². The minimum Gasteiger partial charge on any atom is -0.406 e. The second-order valence-electron chi connectivity index (χ2n) is 9.16. The molecule has 0 amide bonds. The number of benzene rings is 6. The number of fused-ring (bicyclic) bond motifs is 6. The van der Waals surface area contributed by atoms with Gasteiger partial charge in [0.05, 0.1) is 0 Å². The van der Waals surface area contributed by atoms with Crippen molar-refractivity contribution in [3.8, 4) is 22.5 Å². The summed E-state index contributed by atoms with van der Waals surface area (Å²) < 4.78 is 4.25. The van der Waals surface area contributed by atoms with Crippen LogP contribution in [0.25, 0.3) is 66.1 Å². The Morgan fingerprint density at radius 3 is 1.14 bits per heavy atom. The molecule has 0 atom stereocenters. The molecule has 0 spiro atoms. The van der Waals surface area contributed by atoms with Crippen molar-refractivity contribution < 1.29 is 84.3 Å². The van der Waals surface area contributed by atoms with Gasteiger partial charge >= 0.3 is 84.3 Å². The quantitative estimate of drug-likeness (QED) is 0.159. The zero-order valence-electron chi connectivity index (χ0n) is 21.8. The summed E-state index contributed by atoms with van der Waals surface area (Å²) in [5.41, 5.74) is 7.82. The molecule has 0 bridgehead atoms. The van der Waals surface area contributed by atoms with E-state index in [4.69, 9.17) is 0 Å². The van der Waals surface area contributed by atoms with Crippen LogP contribution in [0.5, 0.6) is 0 Å². The van der Waals surface area contributed by atoms with Crippen LogP contribution in [-0.4, -0.2) is 9.13 Å². The molecule has 8 rings (SSSR count). The molecule has 0 aliphatic carbocycles. The Labute approximate surface area is 302 Å². The van der Waals surface area contributed by atoms with Gasteiger partial charge in [-0.1, -0.05) is 22.1 Å². The molecule has 0 N–H and O–H groups in total. The summed E-state index contributed by atoms with van der Waals surface area (Å²) in [4.78, 5) is 0. The average molecular weight is 1210 g/mol. The third-order valence-corrected chi connectivity index (χ3v) is 7.03. The van der Waals surface area contributed by atoms with E-state index < -0.39 is 0 Å². The molecule has 2 heterocycles. The van der Waals surface area contributed by atoms with Crippen molar-refractivity contribution in [2.75, 3.05) is 0 Å². The number of para-hydroxylation sites is 4. The van der Waals surface area contributed by atoms with E-state index in [9.17, 15) is 0 Å². The predicted molar refractivity (Wildman–Crippen MR) is 151 cm³/mol. The minimum atomic E-state index is 0. The average Bonchev–Trinajstić information content (AvgIpc) is 3.50. The Morgan fingerprint density at radius 1 is 0.381 bits per heavy atom. The number of aromatic nitrogens is 2. The van der Waals surface area contributed by atoms with Crippen molar-refractivity contribution in [3.05, 3.63) is 146 Å². The van der Waals surface area contributed by atoms with Crippen LogP contribution in [0, 0.1) is 48.5 Å². The SMILES string of the molecule is [W+2].[W+2].[W+2].[W+2].[c-]1ccc[c-]c1-n1c2[c-]cccc2c2cc(-c3c[c-]c4c(c3)c3ccc[c-]c3n4-c3[c-]ccc[c-]3)c[c-]c21. The van der Waals surface area contributed by atoms with E-state index in [0.717, 1.165) is 66.1 Å². The molecule has 0 fully saturated rings. The molecule has 2 nitrogen and oxygen atoms in total. The van der Waals surface area contributed by atoms with Crippen molar-refractivity contribution in [2.45, 2.75) is 0 Å². The van der Waals surface area contributed by atoms with Gasteiger partial charge in [0, 0.05) is 0 Å². The standard InChI is InChI=1S/C36H16N2.4W/c1-3-11-27(12-4-1)37-33-17-9-7-15-29(33)31-23-25(19-21-35(31)37)26-20-22-36-32(24-26)30-16-8-10-18-34(30)38(36)28-13-5-2-6-14-28;;;;/h1-10,15-16,19-20,23-24H;;;;/q-8;4*+2. The van der Waals surface area contributed by atoms with Crippen LogP contribution in [0.2, 0.25) is 0 Å². The van der Waals surface area contributed by atoms with Gasteiger partial charge in [0.25, 0.3) is 0 Å². The van der Waals surface area contributed by atoms with E-state index in [0.29, 0.717) is 0 Å². The summed E-state index contributed by atoms with van der Waals surface area (Å²) >= 11 is 0. The van der Waals surface area contributed by atoms with Gasteiger partial charge in [-0.15, -0.1) is 0 Å². The Morgan fingerprint density at radius 2 is 0.738 bits per heavy atom. The Bertz CT molecular complexity index is 1980. The molecule has 194 valence electrons. The molecule has 42 heavy (non-hydrogen) atoms. The van der Waals surface area contributed by atoms with Crippen LogP contribution >= 0.6 is 0 Å². The van der Waals surface area contributed by atoms with Gasteiger partial charge in [0.1, 0.15) is 0 Å². The van der Waals surface area contributed by atoms with Gasteiger partial charge in [0.2, 0.25) is 0 Å². The van der Waals surface area contributed by atoms with E-state index in [2.05, 4.69) is 94.1 Å². The first-order valence-electron chi connectivity index (χ1n) is 12.4. The van der Waals surface area contributed by atoms with E-state index in [-0.39, 0.29) is 84.3 Å². The van der Waals surface area contributed by atoms with Crippen LogP contribution in [-0.2, 0) is 84.3 Å². The Hall–Kier alpha value is -2.33. The third-order valence-electron chi connectivity index (χ3n) is 7.03. The van der Waals surface area contributed by atoms with Gasteiger partial charge in [0.15, 0.2) is 0 Å². The van der Waals surface area contributed by atoms with Gasteiger partial charge in [-0.25, -0.2) is 11.4 Å². The van der Waals surface area contributed by atoms with E-state index in [1.165, 1.54) is 0 Å². The fourth-order valence-corrected chi connectivity index (χ4v) is 5.37. The van der Waals surface area contributed by atoms with Crippen molar-refractivity contribution in [2.24, 2.45) is 0 Å². The van der Waals surface area contributed by atoms with Gasteiger partial charge in [-0.2, -0.15) is 118 Å². The van der Waals surface area contributed by atoms with E-state index in [1.807, 2.05) is 60.7 Å². The van der Waals surface area contributed by atoms with Crippen LogP contribution in [0.15, 0.2) is 97.1 Å². The second-order valence-corrected chi connectivity index (χ2v) is 9.16. The fraction of sp³-hybridized carbons (Fsp3) is 0. The van der Waals surface area contributed by atoms with E-state index in [1.54, 1.807) is 0 Å². The summed E-state index contributed by atoms with van der Waals surface area (Å²) in [5.74, 6) is 0. The molecular formula is C36H16N2W4. The molecule has 0 unspecified atom stereocenters. The maximum atomic E-state index is 3.56. The third kappa shape index (κ3) is 5.31. The number of nitrogens with zero attached hydrogens (tertiary/aromatic N) is 2. The number of hydrogen-bond acceptors (Lipinski definition) is 0. The van der Waals surface area contributed by atoms with Crippen LogP contribution in [0.4, 0.5) is 0 Å². The number of rotatable bonds is 3. The molecule has 6 aromatic carbocycles. The van der Waals surface area contributed by atoms with Crippen molar-refractivity contribution in [1.29, 1.82) is 0 Å². The summed E-state index contributed by atoms with van der Waals surface area (Å²) in [6, 6.07) is 59.5. The molecule has 0 aliphatic rings. The molecule has 0 saturated carbocycles. The first-order chi connectivity index (χ1) is 18.9. The summed E-state index contributed by atoms with van der Waals surface area (Å²) in [7, 11) is 0. The van der Waals surface area contributed by atoms with E-state index >= 15 is 0 Å². The zero-order chi connectivity index (χ0) is 25.1. The first kappa shape index (κ1) is 32.6. The van der Waals surface area contributed by atoms with Gasteiger partial charge in [-0.3, -0.25) is 36.4 Å². The minimum absolute atomic E-state index is 0. The summed E-state index contributed by atoms with van der Waals surface area (Å²) in [6.07, 6.45) is 0. The molecule has 8 aromatic rings. The Kier molecular flexibility index (Phi) is 10.5. The largest absolute Gasteiger partial charge is 2.00 e. The van der Waals surface area contributed by atoms with Gasteiger partial charge < -0.3 is 33.4 Å². The normalized spacial score (nSPS) is 10.6. The zero-order valence-corrected chi connectivity index (χ0v) is 33.5. The molecule has 0 saturated heterocycles. The predicted octanol–water partition coefficient (Wildman–Crippen LogP) is 7.94. The van der Waals surface area contributed by atoms with Crippen LogP contribution in [0.1, 0.15) is 0 Å². The van der Waals surface area contributed by atoms with Crippen molar-refractivity contribution >= 4 is 43.6 Å². The molecule has 2 aromatic heterocycles. The first-order valence-corrected chi connectivity index (χ1v) is 12.4. The fourth-order valence-electron chi connectivity index (χ4n) is 5.37.